The Labute approximate surface area is 156 Å². The zero-order chi connectivity index (χ0) is 15.8. The van der Waals surface area contributed by atoms with E-state index in [-0.39, 0.29) is 30.1 Å². The first-order valence-corrected chi connectivity index (χ1v) is 8.37. The van der Waals surface area contributed by atoms with Gasteiger partial charge in [-0.25, -0.2) is 0 Å². The van der Waals surface area contributed by atoms with Gasteiger partial charge in [0.05, 0.1) is 6.10 Å². The molecule has 0 saturated heterocycles. The molecule has 6 nitrogen and oxygen atoms in total. The molecule has 1 aromatic heterocycles. The lowest BCUT2D eigenvalue weighted by Gasteiger charge is -2.27. The fourth-order valence-electron chi connectivity index (χ4n) is 2.77. The lowest BCUT2D eigenvalue weighted by Crippen LogP contribution is -2.45. The highest BCUT2D eigenvalue weighted by Crippen LogP contribution is 2.18. The van der Waals surface area contributed by atoms with Crippen LogP contribution in [0.5, 0.6) is 0 Å². The van der Waals surface area contributed by atoms with Gasteiger partial charge in [0, 0.05) is 38.1 Å². The molecule has 0 aromatic carbocycles. The minimum absolute atomic E-state index is 0. The van der Waals surface area contributed by atoms with Gasteiger partial charge in [-0.2, -0.15) is 5.10 Å². The van der Waals surface area contributed by atoms with E-state index in [9.17, 15) is 5.11 Å². The molecule has 1 aliphatic carbocycles. The summed E-state index contributed by atoms with van der Waals surface area (Å²) in [6, 6.07) is 2.36. The smallest absolute Gasteiger partial charge is 0.191 e. The van der Waals surface area contributed by atoms with Crippen molar-refractivity contribution in [1.29, 1.82) is 0 Å². The summed E-state index contributed by atoms with van der Waals surface area (Å²) < 4.78 is 1.95. The number of aliphatic imine (C=N–C) groups is 1. The number of aliphatic hydroxyl groups excluding tert-OH is 1. The highest BCUT2D eigenvalue weighted by Gasteiger charge is 2.20. The van der Waals surface area contributed by atoms with Gasteiger partial charge in [-0.05, 0) is 44.6 Å². The number of aromatic nitrogens is 2. The molecule has 1 atom stereocenters. The second-order valence-electron chi connectivity index (χ2n) is 6.20. The van der Waals surface area contributed by atoms with Crippen LogP contribution in [0.3, 0.4) is 0 Å². The standard InChI is InChI=1S/C16H29N5O.HI/c1-3-17-16(20-14-5-7-15(22)8-6-14)18-11-13(2)12-21-10-4-9-19-21;/h4,9-10,13-15,22H,3,5-8,11-12H2,1-2H3,(H2,17,18,20);1H. The second kappa shape index (κ2) is 10.9. The quantitative estimate of drug-likeness (QED) is 0.363. The maximum absolute atomic E-state index is 9.58. The molecule has 0 radical (unpaired) electrons. The van der Waals surface area contributed by atoms with Crippen molar-refractivity contribution < 1.29 is 5.11 Å². The van der Waals surface area contributed by atoms with E-state index in [4.69, 9.17) is 4.99 Å². The molecule has 0 amide bonds. The highest BCUT2D eigenvalue weighted by atomic mass is 127. The summed E-state index contributed by atoms with van der Waals surface area (Å²) in [5, 5.41) is 20.6. The molecule has 0 spiro atoms. The highest BCUT2D eigenvalue weighted by molar-refractivity contribution is 14.0. The topological polar surface area (TPSA) is 74.5 Å². The molecule has 0 aliphatic heterocycles. The third-order valence-electron chi connectivity index (χ3n) is 4.00. The van der Waals surface area contributed by atoms with Crippen LogP contribution in [0, 0.1) is 5.92 Å². The zero-order valence-corrected chi connectivity index (χ0v) is 16.4. The van der Waals surface area contributed by atoms with Gasteiger partial charge in [0.1, 0.15) is 0 Å². The molecular weight excluding hydrogens is 405 g/mol. The number of hydrogen-bond acceptors (Lipinski definition) is 3. The Morgan fingerprint density at radius 1 is 1.39 bits per heavy atom. The van der Waals surface area contributed by atoms with E-state index in [0.717, 1.165) is 51.3 Å². The lowest BCUT2D eigenvalue weighted by molar-refractivity contribution is 0.120. The summed E-state index contributed by atoms with van der Waals surface area (Å²) in [7, 11) is 0. The van der Waals surface area contributed by atoms with Crippen LogP contribution in [-0.2, 0) is 6.54 Å². The molecular formula is C16H30IN5O. The van der Waals surface area contributed by atoms with Crippen LogP contribution in [0.25, 0.3) is 0 Å². The summed E-state index contributed by atoms with van der Waals surface area (Å²) in [5.41, 5.74) is 0. The molecule has 0 bridgehead atoms. The van der Waals surface area contributed by atoms with Gasteiger partial charge in [0.25, 0.3) is 0 Å². The molecule has 1 saturated carbocycles. The number of guanidine groups is 1. The predicted molar refractivity (Wildman–Crippen MR) is 104 cm³/mol. The number of rotatable bonds is 6. The number of hydrogen-bond donors (Lipinski definition) is 3. The summed E-state index contributed by atoms with van der Waals surface area (Å²) in [6.07, 6.45) is 7.45. The van der Waals surface area contributed by atoms with Gasteiger partial charge in [0.15, 0.2) is 5.96 Å². The van der Waals surface area contributed by atoms with Gasteiger partial charge in [-0.15, -0.1) is 24.0 Å². The molecule has 23 heavy (non-hydrogen) atoms. The second-order valence-corrected chi connectivity index (χ2v) is 6.20. The van der Waals surface area contributed by atoms with Crippen molar-refractivity contribution in [3.05, 3.63) is 18.5 Å². The average molecular weight is 435 g/mol. The average Bonchev–Trinajstić information content (AvgIpc) is 3.00. The largest absolute Gasteiger partial charge is 0.393 e. The number of aliphatic hydroxyl groups is 1. The third kappa shape index (κ3) is 7.52. The van der Waals surface area contributed by atoms with Crippen molar-refractivity contribution in [2.45, 2.75) is 58.2 Å². The fourth-order valence-corrected chi connectivity index (χ4v) is 2.77. The minimum atomic E-state index is -0.119. The van der Waals surface area contributed by atoms with Crippen molar-refractivity contribution in [3.63, 3.8) is 0 Å². The molecule has 1 fully saturated rings. The molecule has 7 heteroatoms. The zero-order valence-electron chi connectivity index (χ0n) is 14.1. The Kier molecular flexibility index (Phi) is 9.54. The van der Waals surface area contributed by atoms with Gasteiger partial charge in [-0.3, -0.25) is 9.67 Å². The number of halogens is 1. The molecule has 1 unspecified atom stereocenters. The van der Waals surface area contributed by atoms with E-state index in [1.54, 1.807) is 6.20 Å². The van der Waals surface area contributed by atoms with Gasteiger partial charge >= 0.3 is 0 Å². The summed E-state index contributed by atoms with van der Waals surface area (Å²) >= 11 is 0. The van der Waals surface area contributed by atoms with Gasteiger partial charge in [0.2, 0.25) is 0 Å². The first-order valence-electron chi connectivity index (χ1n) is 8.37. The van der Waals surface area contributed by atoms with Crippen molar-refractivity contribution in [1.82, 2.24) is 20.4 Å². The van der Waals surface area contributed by atoms with Crippen LogP contribution in [0.4, 0.5) is 0 Å². The van der Waals surface area contributed by atoms with Crippen molar-refractivity contribution in [2.75, 3.05) is 13.1 Å². The fraction of sp³-hybridized carbons (Fsp3) is 0.750. The van der Waals surface area contributed by atoms with E-state index in [0.29, 0.717) is 12.0 Å². The van der Waals surface area contributed by atoms with E-state index < -0.39 is 0 Å². The predicted octanol–water partition coefficient (Wildman–Crippen LogP) is 2.00. The minimum Gasteiger partial charge on any atom is -0.393 e. The Bertz CT molecular complexity index is 443. The van der Waals surface area contributed by atoms with Crippen LogP contribution in [0.1, 0.15) is 39.5 Å². The van der Waals surface area contributed by atoms with E-state index >= 15 is 0 Å². The van der Waals surface area contributed by atoms with Crippen LogP contribution in [0.2, 0.25) is 0 Å². The van der Waals surface area contributed by atoms with Gasteiger partial charge < -0.3 is 15.7 Å². The van der Waals surface area contributed by atoms with E-state index in [2.05, 4.69) is 29.6 Å². The van der Waals surface area contributed by atoms with E-state index in [1.807, 2.05) is 16.9 Å². The van der Waals surface area contributed by atoms with Crippen LogP contribution < -0.4 is 10.6 Å². The summed E-state index contributed by atoms with van der Waals surface area (Å²) in [6.45, 7) is 6.77. The molecule has 1 aromatic rings. The maximum atomic E-state index is 9.58. The lowest BCUT2D eigenvalue weighted by atomic mass is 9.93. The Morgan fingerprint density at radius 3 is 2.74 bits per heavy atom. The summed E-state index contributed by atoms with van der Waals surface area (Å²) in [5.74, 6) is 1.32. The molecule has 3 N–H and O–H groups in total. The SMILES string of the molecule is CCNC(=NCC(C)Cn1cccn1)NC1CCC(O)CC1.I. The van der Waals surface area contributed by atoms with Crippen LogP contribution >= 0.6 is 24.0 Å². The van der Waals surface area contributed by atoms with Gasteiger partial charge in [-0.1, -0.05) is 6.92 Å². The van der Waals surface area contributed by atoms with Crippen molar-refractivity contribution in [2.24, 2.45) is 10.9 Å². The van der Waals surface area contributed by atoms with Crippen molar-refractivity contribution in [3.8, 4) is 0 Å². The molecule has 132 valence electrons. The molecule has 2 rings (SSSR count). The Morgan fingerprint density at radius 2 is 2.13 bits per heavy atom. The van der Waals surface area contributed by atoms with Crippen molar-refractivity contribution >= 4 is 29.9 Å². The Hall–Kier alpha value is -0.830. The monoisotopic (exact) mass is 435 g/mol. The first kappa shape index (κ1) is 20.2. The first-order chi connectivity index (χ1) is 10.7. The number of nitrogens with zero attached hydrogens (tertiary/aromatic N) is 3. The maximum Gasteiger partial charge on any atom is 0.191 e. The number of nitrogens with one attached hydrogen (secondary N) is 2. The van der Waals surface area contributed by atoms with E-state index in [1.165, 1.54) is 0 Å². The third-order valence-corrected chi connectivity index (χ3v) is 4.00. The molecule has 1 aliphatic rings. The summed E-state index contributed by atoms with van der Waals surface area (Å²) in [4.78, 5) is 4.70. The Balaban J connectivity index is 0.00000264. The molecule has 1 heterocycles. The normalized spacial score (nSPS) is 23.0. The van der Waals surface area contributed by atoms with Crippen LogP contribution in [-0.4, -0.2) is 46.1 Å². The van der Waals surface area contributed by atoms with Crippen LogP contribution in [0.15, 0.2) is 23.5 Å².